The summed E-state index contributed by atoms with van der Waals surface area (Å²) in [5, 5.41) is 8.24. The molecule has 1 aliphatic carbocycles. The molecule has 122 valence electrons. The lowest BCUT2D eigenvalue weighted by Gasteiger charge is -2.09. The molecule has 7 nitrogen and oxygen atoms in total. The van der Waals surface area contributed by atoms with Crippen LogP contribution < -0.4 is 11.1 Å². The van der Waals surface area contributed by atoms with Crippen molar-refractivity contribution in [3.8, 4) is 11.4 Å². The van der Waals surface area contributed by atoms with Crippen molar-refractivity contribution >= 4 is 28.3 Å². The Labute approximate surface area is 136 Å². The minimum Gasteiger partial charge on any atom is -0.383 e. The summed E-state index contributed by atoms with van der Waals surface area (Å²) in [6.07, 6.45) is 2.47. The fourth-order valence-electron chi connectivity index (χ4n) is 2.65. The number of carbonyl (C=O) groups is 1. The number of nitrogen functional groups attached to an aromatic ring is 1. The highest BCUT2D eigenvalue weighted by Gasteiger charge is 2.43. The maximum Gasteiger partial charge on any atom is 0.231 e. The number of carbonyl (C=O) groups excluding carboxylic acids is 1. The minimum absolute atomic E-state index is 0.279. The molecule has 24 heavy (non-hydrogen) atoms. The SMILES string of the molecule is Cn1nccc1-c1cc2cc(NC(=O)[C@@H]3C[C@@H]3F)ncc2c(N)n1. The Morgan fingerprint density at radius 1 is 1.46 bits per heavy atom. The van der Waals surface area contributed by atoms with Crippen LogP contribution in [-0.2, 0) is 11.8 Å². The molecule has 2 atom stereocenters. The fraction of sp³-hybridized carbons (Fsp3) is 0.250. The van der Waals surface area contributed by atoms with E-state index in [2.05, 4.69) is 20.4 Å². The summed E-state index contributed by atoms with van der Waals surface area (Å²) in [5.41, 5.74) is 7.52. The highest BCUT2D eigenvalue weighted by molar-refractivity contribution is 5.98. The number of hydrogen-bond donors (Lipinski definition) is 2. The summed E-state index contributed by atoms with van der Waals surface area (Å²) in [5.74, 6) is -0.188. The molecule has 0 spiro atoms. The molecule has 1 amide bonds. The second-order valence-electron chi connectivity index (χ2n) is 5.87. The molecule has 0 aromatic carbocycles. The Morgan fingerprint density at radius 2 is 2.25 bits per heavy atom. The monoisotopic (exact) mass is 326 g/mol. The van der Waals surface area contributed by atoms with Crippen LogP contribution in [0.15, 0.2) is 30.6 Å². The van der Waals surface area contributed by atoms with Crippen molar-refractivity contribution in [3.63, 3.8) is 0 Å². The topological polar surface area (TPSA) is 98.7 Å². The van der Waals surface area contributed by atoms with Crippen molar-refractivity contribution in [1.82, 2.24) is 19.7 Å². The van der Waals surface area contributed by atoms with Gasteiger partial charge in [-0.3, -0.25) is 9.48 Å². The Kier molecular flexibility index (Phi) is 3.19. The molecular weight excluding hydrogens is 311 g/mol. The summed E-state index contributed by atoms with van der Waals surface area (Å²) in [7, 11) is 1.82. The number of nitrogens with one attached hydrogen (secondary N) is 1. The number of halogens is 1. The van der Waals surface area contributed by atoms with E-state index in [9.17, 15) is 9.18 Å². The Bertz CT molecular complexity index is 953. The van der Waals surface area contributed by atoms with Gasteiger partial charge in [-0.1, -0.05) is 0 Å². The molecule has 8 heteroatoms. The maximum absolute atomic E-state index is 13.0. The standard InChI is InChI=1S/C16H15FN6O/c1-23-13(2-3-20-23)12-4-8-5-14(19-7-10(8)15(18)21-12)22-16(24)9-6-11(9)17/h2-5,7,9,11H,6H2,1H3,(H2,18,21)(H,19,22,24)/t9-,11+/m1/s1. The molecule has 0 unspecified atom stereocenters. The van der Waals surface area contributed by atoms with Gasteiger partial charge in [0.2, 0.25) is 5.91 Å². The predicted octanol–water partition coefficient (Wildman–Crippen LogP) is 1.91. The minimum atomic E-state index is -1.04. The quantitative estimate of drug-likeness (QED) is 0.766. The molecule has 1 aliphatic rings. The fourth-order valence-corrected chi connectivity index (χ4v) is 2.65. The summed E-state index contributed by atoms with van der Waals surface area (Å²) in [4.78, 5) is 20.4. The van der Waals surface area contributed by atoms with Gasteiger partial charge in [0.25, 0.3) is 0 Å². The smallest absolute Gasteiger partial charge is 0.231 e. The van der Waals surface area contributed by atoms with Gasteiger partial charge < -0.3 is 11.1 Å². The second kappa shape index (κ2) is 5.26. The van der Waals surface area contributed by atoms with E-state index in [0.29, 0.717) is 22.7 Å². The predicted molar refractivity (Wildman–Crippen MR) is 87.8 cm³/mol. The Morgan fingerprint density at radius 3 is 2.92 bits per heavy atom. The van der Waals surface area contributed by atoms with Gasteiger partial charge in [-0.25, -0.2) is 14.4 Å². The van der Waals surface area contributed by atoms with Crippen molar-refractivity contribution in [2.24, 2.45) is 13.0 Å². The number of hydrogen-bond acceptors (Lipinski definition) is 5. The molecule has 0 aliphatic heterocycles. The summed E-state index contributed by atoms with van der Waals surface area (Å²) < 4.78 is 14.7. The van der Waals surface area contributed by atoms with E-state index in [-0.39, 0.29) is 12.3 Å². The third-order valence-electron chi connectivity index (χ3n) is 4.13. The molecule has 3 aromatic rings. The van der Waals surface area contributed by atoms with E-state index < -0.39 is 12.1 Å². The van der Waals surface area contributed by atoms with Crippen LogP contribution in [0.2, 0.25) is 0 Å². The van der Waals surface area contributed by atoms with Crippen LogP contribution in [0, 0.1) is 5.92 Å². The number of aryl methyl sites for hydroxylation is 1. The van der Waals surface area contributed by atoms with Gasteiger partial charge in [0.05, 0.1) is 17.3 Å². The number of nitrogens with two attached hydrogens (primary N) is 1. The van der Waals surface area contributed by atoms with Gasteiger partial charge in [-0.15, -0.1) is 0 Å². The number of amides is 1. The number of anilines is 2. The average molecular weight is 326 g/mol. The van der Waals surface area contributed by atoms with Crippen molar-refractivity contribution in [2.45, 2.75) is 12.6 Å². The number of pyridine rings is 2. The third-order valence-corrected chi connectivity index (χ3v) is 4.13. The van der Waals surface area contributed by atoms with Crippen molar-refractivity contribution in [2.75, 3.05) is 11.1 Å². The lowest BCUT2D eigenvalue weighted by molar-refractivity contribution is -0.117. The van der Waals surface area contributed by atoms with E-state index in [4.69, 9.17) is 5.73 Å². The van der Waals surface area contributed by atoms with Gasteiger partial charge in [0, 0.05) is 24.8 Å². The second-order valence-corrected chi connectivity index (χ2v) is 5.87. The zero-order chi connectivity index (χ0) is 16.8. The first-order valence-corrected chi connectivity index (χ1v) is 7.52. The first-order valence-electron chi connectivity index (χ1n) is 7.52. The molecule has 0 saturated heterocycles. The maximum atomic E-state index is 13.0. The van der Waals surface area contributed by atoms with Crippen LogP contribution in [0.1, 0.15) is 6.42 Å². The van der Waals surface area contributed by atoms with Crippen LogP contribution in [0.5, 0.6) is 0 Å². The molecular formula is C16H15FN6O. The van der Waals surface area contributed by atoms with Gasteiger partial charge in [-0.2, -0.15) is 5.10 Å². The van der Waals surface area contributed by atoms with Crippen molar-refractivity contribution in [3.05, 3.63) is 30.6 Å². The van der Waals surface area contributed by atoms with E-state index in [1.807, 2.05) is 19.2 Å². The van der Waals surface area contributed by atoms with Crippen LogP contribution in [0.4, 0.5) is 16.0 Å². The highest BCUT2D eigenvalue weighted by Crippen LogP contribution is 2.35. The number of nitrogens with zero attached hydrogens (tertiary/aromatic N) is 4. The summed E-state index contributed by atoms with van der Waals surface area (Å²) >= 11 is 0. The molecule has 4 rings (SSSR count). The van der Waals surface area contributed by atoms with Crippen molar-refractivity contribution in [1.29, 1.82) is 0 Å². The van der Waals surface area contributed by atoms with Gasteiger partial charge in [-0.05, 0) is 30.0 Å². The summed E-state index contributed by atoms with van der Waals surface area (Å²) in [6.45, 7) is 0. The van der Waals surface area contributed by atoms with Gasteiger partial charge in [0.15, 0.2) is 0 Å². The molecule has 0 radical (unpaired) electrons. The lowest BCUT2D eigenvalue weighted by Crippen LogP contribution is -2.15. The summed E-state index contributed by atoms with van der Waals surface area (Å²) in [6, 6.07) is 5.40. The largest absolute Gasteiger partial charge is 0.383 e. The van der Waals surface area contributed by atoms with Crippen LogP contribution in [0.25, 0.3) is 22.2 Å². The van der Waals surface area contributed by atoms with E-state index >= 15 is 0 Å². The number of alkyl halides is 1. The Hall–Kier alpha value is -3.03. The normalized spacial score (nSPS) is 19.4. The molecule has 1 saturated carbocycles. The molecule has 3 N–H and O–H groups in total. The first-order chi connectivity index (χ1) is 11.5. The Balaban J connectivity index is 1.72. The van der Waals surface area contributed by atoms with Gasteiger partial charge in [0.1, 0.15) is 17.8 Å². The molecule has 1 fully saturated rings. The zero-order valence-corrected chi connectivity index (χ0v) is 12.9. The van der Waals surface area contributed by atoms with Crippen LogP contribution in [0.3, 0.4) is 0 Å². The highest BCUT2D eigenvalue weighted by atomic mass is 19.1. The average Bonchev–Trinajstić information content (AvgIpc) is 3.12. The molecule has 3 aromatic heterocycles. The van der Waals surface area contributed by atoms with Crippen LogP contribution >= 0.6 is 0 Å². The molecule has 3 heterocycles. The van der Waals surface area contributed by atoms with E-state index in [1.54, 1.807) is 23.1 Å². The van der Waals surface area contributed by atoms with Gasteiger partial charge >= 0.3 is 0 Å². The first kappa shape index (κ1) is 14.6. The number of aromatic nitrogens is 4. The molecule has 0 bridgehead atoms. The third kappa shape index (κ3) is 2.45. The van der Waals surface area contributed by atoms with Crippen LogP contribution in [-0.4, -0.2) is 31.8 Å². The van der Waals surface area contributed by atoms with E-state index in [1.165, 1.54) is 0 Å². The van der Waals surface area contributed by atoms with Crippen molar-refractivity contribution < 1.29 is 9.18 Å². The number of fused-ring (bicyclic) bond motifs is 1. The van der Waals surface area contributed by atoms with E-state index in [0.717, 1.165) is 11.1 Å². The number of rotatable bonds is 3. The lowest BCUT2D eigenvalue weighted by atomic mass is 10.1. The zero-order valence-electron chi connectivity index (χ0n) is 12.9.